The number of nitrogens with zero attached hydrogens (tertiary/aromatic N) is 1. The Morgan fingerprint density at radius 2 is 1.94 bits per heavy atom. The number of hydrogen-bond acceptors (Lipinski definition) is 5. The monoisotopic (exact) mass is 258 g/mol. The third-order valence-corrected chi connectivity index (χ3v) is 2.74. The first-order valence-corrected chi connectivity index (χ1v) is 6.16. The van der Waals surface area contributed by atoms with Crippen LogP contribution in [0.25, 0.3) is 0 Å². The molecule has 0 spiro atoms. The molecule has 1 heterocycles. The van der Waals surface area contributed by atoms with Crippen LogP contribution < -0.4 is 16.5 Å². The summed E-state index contributed by atoms with van der Waals surface area (Å²) in [5, 5.41) is 4.30. The van der Waals surface area contributed by atoms with Gasteiger partial charge >= 0.3 is 0 Å². The van der Waals surface area contributed by atoms with Gasteiger partial charge in [0.25, 0.3) is 5.91 Å². The Morgan fingerprint density at radius 1 is 1.33 bits per heavy atom. The van der Waals surface area contributed by atoms with Gasteiger partial charge in [-0.3, -0.25) is 15.0 Å². The molecule has 0 radical (unpaired) electrons. The van der Waals surface area contributed by atoms with E-state index in [2.05, 4.69) is 10.7 Å². The molecule has 1 aliphatic rings. The van der Waals surface area contributed by atoms with Crippen LogP contribution in [0.3, 0.4) is 0 Å². The minimum absolute atomic E-state index is 0.0484. The summed E-state index contributed by atoms with van der Waals surface area (Å²) in [6.07, 6.45) is 0. The Bertz CT molecular complexity index is 290. The number of carbonyl (C=O) groups is 2. The van der Waals surface area contributed by atoms with Gasteiger partial charge in [0.05, 0.1) is 25.8 Å². The Labute approximate surface area is 107 Å². The van der Waals surface area contributed by atoms with Crippen molar-refractivity contribution in [3.8, 4) is 0 Å². The van der Waals surface area contributed by atoms with Crippen LogP contribution in [0, 0.1) is 5.92 Å². The summed E-state index contributed by atoms with van der Waals surface area (Å²) in [6.45, 7) is 6.18. The second-order valence-corrected chi connectivity index (χ2v) is 4.62. The standard InChI is InChI=1S/C11H22N4O3/c1-8(2)10(12)11(17)13-7-9(16)14-15-3-5-18-6-4-15/h8,10H,3-7,12H2,1-2H3,(H,13,17)(H,14,16)/t10-/m0/s1. The molecule has 0 aromatic heterocycles. The van der Waals surface area contributed by atoms with E-state index in [-0.39, 0.29) is 24.3 Å². The van der Waals surface area contributed by atoms with Crippen LogP contribution in [-0.2, 0) is 14.3 Å². The molecule has 1 saturated heterocycles. The van der Waals surface area contributed by atoms with Gasteiger partial charge in [-0.25, -0.2) is 5.01 Å². The average Bonchev–Trinajstić information content (AvgIpc) is 2.36. The summed E-state index contributed by atoms with van der Waals surface area (Å²) in [5.41, 5.74) is 8.36. The molecule has 4 N–H and O–H groups in total. The van der Waals surface area contributed by atoms with Crippen molar-refractivity contribution < 1.29 is 14.3 Å². The second-order valence-electron chi connectivity index (χ2n) is 4.62. The third-order valence-electron chi connectivity index (χ3n) is 2.74. The van der Waals surface area contributed by atoms with E-state index in [0.717, 1.165) is 0 Å². The van der Waals surface area contributed by atoms with Crippen molar-refractivity contribution in [2.24, 2.45) is 11.7 Å². The highest BCUT2D eigenvalue weighted by Gasteiger charge is 2.18. The van der Waals surface area contributed by atoms with E-state index < -0.39 is 6.04 Å². The van der Waals surface area contributed by atoms with E-state index in [4.69, 9.17) is 10.5 Å². The van der Waals surface area contributed by atoms with E-state index in [1.54, 1.807) is 5.01 Å². The van der Waals surface area contributed by atoms with Crippen LogP contribution >= 0.6 is 0 Å². The van der Waals surface area contributed by atoms with Crippen molar-refractivity contribution in [1.82, 2.24) is 15.8 Å². The maximum absolute atomic E-state index is 11.6. The zero-order chi connectivity index (χ0) is 13.5. The van der Waals surface area contributed by atoms with Gasteiger partial charge in [-0.2, -0.15) is 0 Å². The molecule has 0 aromatic rings. The Hall–Kier alpha value is -1.18. The van der Waals surface area contributed by atoms with Gasteiger partial charge in [0.1, 0.15) is 0 Å². The molecular formula is C11H22N4O3. The summed E-state index contributed by atoms with van der Waals surface area (Å²) in [5.74, 6) is -0.504. The summed E-state index contributed by atoms with van der Waals surface area (Å²) < 4.78 is 5.16. The normalized spacial score (nSPS) is 18.4. The molecule has 1 atom stereocenters. The molecule has 0 aromatic carbocycles. The molecule has 18 heavy (non-hydrogen) atoms. The van der Waals surface area contributed by atoms with Crippen LogP contribution in [0.4, 0.5) is 0 Å². The van der Waals surface area contributed by atoms with Crippen molar-refractivity contribution in [3.63, 3.8) is 0 Å². The van der Waals surface area contributed by atoms with Crippen molar-refractivity contribution >= 4 is 11.8 Å². The number of nitrogens with two attached hydrogens (primary N) is 1. The molecular weight excluding hydrogens is 236 g/mol. The number of amides is 2. The number of ether oxygens (including phenoxy) is 1. The topological polar surface area (TPSA) is 96.7 Å². The van der Waals surface area contributed by atoms with Crippen molar-refractivity contribution in [2.75, 3.05) is 32.8 Å². The lowest BCUT2D eigenvalue weighted by Gasteiger charge is -2.27. The molecule has 104 valence electrons. The summed E-state index contributed by atoms with van der Waals surface area (Å²) in [7, 11) is 0. The molecule has 7 heteroatoms. The average molecular weight is 258 g/mol. The molecule has 0 aliphatic carbocycles. The first kappa shape index (κ1) is 14.9. The molecule has 2 amide bonds. The Morgan fingerprint density at radius 3 is 2.50 bits per heavy atom. The first-order chi connectivity index (χ1) is 8.50. The SMILES string of the molecule is CC(C)[C@H](N)C(=O)NCC(=O)NN1CCOCC1. The number of rotatable bonds is 5. The molecule has 1 fully saturated rings. The smallest absolute Gasteiger partial charge is 0.253 e. The summed E-state index contributed by atoms with van der Waals surface area (Å²) in [6, 6.07) is -0.582. The third kappa shape index (κ3) is 4.99. The van der Waals surface area contributed by atoms with E-state index in [1.807, 2.05) is 13.8 Å². The lowest BCUT2D eigenvalue weighted by atomic mass is 10.1. The lowest BCUT2D eigenvalue weighted by Crippen LogP contribution is -2.52. The van der Waals surface area contributed by atoms with Gasteiger partial charge in [0.2, 0.25) is 5.91 Å². The highest BCUT2D eigenvalue weighted by Crippen LogP contribution is 1.97. The van der Waals surface area contributed by atoms with Gasteiger partial charge < -0.3 is 15.8 Å². The predicted octanol–water partition coefficient (Wildman–Crippen LogP) is -1.55. The molecule has 0 saturated carbocycles. The number of nitrogens with one attached hydrogen (secondary N) is 2. The number of hydrogen-bond donors (Lipinski definition) is 3. The van der Waals surface area contributed by atoms with Crippen molar-refractivity contribution in [2.45, 2.75) is 19.9 Å². The quantitative estimate of drug-likeness (QED) is 0.555. The van der Waals surface area contributed by atoms with E-state index in [0.29, 0.717) is 26.3 Å². The number of carbonyl (C=O) groups excluding carboxylic acids is 2. The highest BCUT2D eigenvalue weighted by molar-refractivity contribution is 5.87. The molecule has 0 bridgehead atoms. The second kappa shape index (κ2) is 7.30. The van der Waals surface area contributed by atoms with E-state index >= 15 is 0 Å². The fourth-order valence-electron chi connectivity index (χ4n) is 1.48. The fourth-order valence-corrected chi connectivity index (χ4v) is 1.48. The maximum atomic E-state index is 11.6. The van der Waals surface area contributed by atoms with E-state index in [1.165, 1.54) is 0 Å². The molecule has 1 rings (SSSR count). The number of hydrazine groups is 1. The van der Waals surface area contributed by atoms with Gasteiger partial charge in [0.15, 0.2) is 0 Å². The van der Waals surface area contributed by atoms with Crippen LogP contribution in [-0.4, -0.2) is 55.7 Å². The Balaban J connectivity index is 2.22. The van der Waals surface area contributed by atoms with Crippen LogP contribution in [0.2, 0.25) is 0 Å². The summed E-state index contributed by atoms with van der Waals surface area (Å²) >= 11 is 0. The van der Waals surface area contributed by atoms with Gasteiger partial charge in [-0.1, -0.05) is 13.8 Å². The Kier molecular flexibility index (Phi) is 6.03. The van der Waals surface area contributed by atoms with Crippen molar-refractivity contribution in [1.29, 1.82) is 0 Å². The predicted molar refractivity (Wildman–Crippen MR) is 66.4 cm³/mol. The fraction of sp³-hybridized carbons (Fsp3) is 0.818. The van der Waals surface area contributed by atoms with Crippen LogP contribution in [0.5, 0.6) is 0 Å². The molecule has 7 nitrogen and oxygen atoms in total. The zero-order valence-corrected chi connectivity index (χ0v) is 10.9. The maximum Gasteiger partial charge on any atom is 0.253 e. The molecule has 1 aliphatic heterocycles. The largest absolute Gasteiger partial charge is 0.379 e. The molecule has 0 unspecified atom stereocenters. The minimum Gasteiger partial charge on any atom is -0.379 e. The first-order valence-electron chi connectivity index (χ1n) is 6.16. The van der Waals surface area contributed by atoms with Gasteiger partial charge in [-0.05, 0) is 5.92 Å². The minimum atomic E-state index is -0.582. The highest BCUT2D eigenvalue weighted by atomic mass is 16.5. The lowest BCUT2D eigenvalue weighted by molar-refractivity contribution is -0.131. The van der Waals surface area contributed by atoms with Gasteiger partial charge in [0, 0.05) is 13.1 Å². The van der Waals surface area contributed by atoms with Crippen LogP contribution in [0.15, 0.2) is 0 Å². The van der Waals surface area contributed by atoms with Crippen LogP contribution in [0.1, 0.15) is 13.8 Å². The van der Waals surface area contributed by atoms with Gasteiger partial charge in [-0.15, -0.1) is 0 Å². The van der Waals surface area contributed by atoms with Crippen molar-refractivity contribution in [3.05, 3.63) is 0 Å². The number of morpholine rings is 1. The zero-order valence-electron chi connectivity index (χ0n) is 10.9. The summed E-state index contributed by atoms with van der Waals surface area (Å²) in [4.78, 5) is 23.1. The van der Waals surface area contributed by atoms with E-state index in [9.17, 15) is 9.59 Å².